The Hall–Kier alpha value is -2.05. The SMILES string of the molecule is CSc1ccccc1NC(=O)CN(C)C(=O)/C=C/c1cccs1. The number of likely N-dealkylation sites (N-methyl/N-ethyl adjacent to an activating group) is 1. The second-order valence-corrected chi connectivity index (χ2v) is 6.62. The van der Waals surface area contributed by atoms with Gasteiger partial charge in [0.2, 0.25) is 11.8 Å². The van der Waals surface area contributed by atoms with Crippen LogP contribution in [0.3, 0.4) is 0 Å². The van der Waals surface area contributed by atoms with Crippen LogP contribution in [0.5, 0.6) is 0 Å². The van der Waals surface area contributed by atoms with Gasteiger partial charge >= 0.3 is 0 Å². The van der Waals surface area contributed by atoms with E-state index >= 15 is 0 Å². The van der Waals surface area contributed by atoms with Gasteiger partial charge in [-0.2, -0.15) is 0 Å². The minimum Gasteiger partial charge on any atom is -0.333 e. The zero-order valence-corrected chi connectivity index (χ0v) is 14.6. The summed E-state index contributed by atoms with van der Waals surface area (Å²) in [6.45, 7) is 0.0102. The number of nitrogens with one attached hydrogen (secondary N) is 1. The van der Waals surface area contributed by atoms with Crippen molar-refractivity contribution < 1.29 is 9.59 Å². The van der Waals surface area contributed by atoms with Crippen molar-refractivity contribution >= 4 is 46.7 Å². The van der Waals surface area contributed by atoms with Crippen LogP contribution in [0.25, 0.3) is 6.08 Å². The highest BCUT2D eigenvalue weighted by atomic mass is 32.2. The maximum atomic E-state index is 12.1. The average Bonchev–Trinajstić information content (AvgIpc) is 3.06. The molecule has 6 heteroatoms. The predicted molar refractivity (Wildman–Crippen MR) is 97.8 cm³/mol. The molecule has 23 heavy (non-hydrogen) atoms. The summed E-state index contributed by atoms with van der Waals surface area (Å²) in [7, 11) is 1.61. The molecule has 0 bridgehead atoms. The molecule has 2 amide bonds. The van der Waals surface area contributed by atoms with Crippen LogP contribution in [0, 0.1) is 0 Å². The summed E-state index contributed by atoms with van der Waals surface area (Å²) in [5.41, 5.74) is 0.764. The number of thiophene rings is 1. The van der Waals surface area contributed by atoms with Crippen LogP contribution >= 0.6 is 23.1 Å². The highest BCUT2D eigenvalue weighted by Crippen LogP contribution is 2.24. The predicted octanol–water partition coefficient (Wildman–Crippen LogP) is 3.58. The Kier molecular flexibility index (Phi) is 6.43. The van der Waals surface area contributed by atoms with Crippen molar-refractivity contribution in [3.05, 3.63) is 52.7 Å². The molecule has 1 aromatic heterocycles. The fraction of sp³-hybridized carbons (Fsp3) is 0.176. The van der Waals surface area contributed by atoms with E-state index in [2.05, 4.69) is 5.32 Å². The number of para-hydroxylation sites is 1. The summed E-state index contributed by atoms with van der Waals surface area (Å²) in [6.07, 6.45) is 5.19. The number of hydrogen-bond donors (Lipinski definition) is 1. The molecule has 1 aromatic carbocycles. The molecule has 1 heterocycles. The van der Waals surface area contributed by atoms with Crippen molar-refractivity contribution in [1.82, 2.24) is 4.90 Å². The van der Waals surface area contributed by atoms with Crippen LogP contribution < -0.4 is 5.32 Å². The van der Waals surface area contributed by atoms with E-state index in [1.165, 1.54) is 11.0 Å². The van der Waals surface area contributed by atoms with Crippen molar-refractivity contribution in [3.63, 3.8) is 0 Å². The summed E-state index contributed by atoms with van der Waals surface area (Å²) >= 11 is 3.12. The lowest BCUT2D eigenvalue weighted by molar-refractivity contribution is -0.129. The van der Waals surface area contributed by atoms with Gasteiger partial charge in [-0.1, -0.05) is 18.2 Å². The normalized spacial score (nSPS) is 10.7. The Morgan fingerprint density at radius 3 is 2.74 bits per heavy atom. The van der Waals surface area contributed by atoms with E-state index in [1.807, 2.05) is 48.0 Å². The molecule has 0 spiro atoms. The van der Waals surface area contributed by atoms with Gasteiger partial charge in [0, 0.05) is 22.9 Å². The second kappa shape index (κ2) is 8.55. The molecule has 0 aliphatic heterocycles. The third kappa shape index (κ3) is 5.26. The van der Waals surface area contributed by atoms with Crippen LogP contribution in [0.1, 0.15) is 4.88 Å². The van der Waals surface area contributed by atoms with Gasteiger partial charge in [-0.3, -0.25) is 9.59 Å². The van der Waals surface area contributed by atoms with Gasteiger partial charge in [0.25, 0.3) is 0 Å². The van der Waals surface area contributed by atoms with Gasteiger partial charge in [-0.15, -0.1) is 23.1 Å². The minimum absolute atomic E-state index is 0.0102. The quantitative estimate of drug-likeness (QED) is 0.642. The lowest BCUT2D eigenvalue weighted by atomic mass is 10.3. The zero-order chi connectivity index (χ0) is 16.7. The van der Waals surface area contributed by atoms with Gasteiger partial charge in [-0.25, -0.2) is 0 Å². The smallest absolute Gasteiger partial charge is 0.246 e. The van der Waals surface area contributed by atoms with Gasteiger partial charge in [0.1, 0.15) is 0 Å². The standard InChI is InChI=1S/C17H18N2O2S2/c1-19(17(21)10-9-13-6-5-11-23-13)12-16(20)18-14-7-3-4-8-15(14)22-2/h3-11H,12H2,1-2H3,(H,18,20)/b10-9+. The molecule has 0 aliphatic rings. The molecule has 0 atom stereocenters. The van der Waals surface area contributed by atoms with Gasteiger partial charge < -0.3 is 10.2 Å². The number of hydrogen-bond acceptors (Lipinski definition) is 4. The first kappa shape index (κ1) is 17.3. The Labute approximate surface area is 144 Å². The van der Waals surface area contributed by atoms with Crippen molar-refractivity contribution in [3.8, 4) is 0 Å². The highest BCUT2D eigenvalue weighted by Gasteiger charge is 2.12. The Morgan fingerprint density at radius 2 is 2.04 bits per heavy atom. The first-order valence-corrected chi connectivity index (χ1v) is 9.10. The molecule has 2 aromatic rings. The van der Waals surface area contributed by atoms with E-state index in [1.54, 1.807) is 36.2 Å². The summed E-state index contributed by atoms with van der Waals surface area (Å²) in [6, 6.07) is 11.4. The summed E-state index contributed by atoms with van der Waals surface area (Å²) in [5, 5.41) is 4.79. The van der Waals surface area contributed by atoms with Gasteiger partial charge in [0.15, 0.2) is 0 Å². The molecule has 0 saturated heterocycles. The van der Waals surface area contributed by atoms with Crippen molar-refractivity contribution in [1.29, 1.82) is 0 Å². The molecular formula is C17H18N2O2S2. The maximum absolute atomic E-state index is 12.1. The van der Waals surface area contributed by atoms with Crippen LogP contribution in [0.15, 0.2) is 52.7 Å². The van der Waals surface area contributed by atoms with Crippen LogP contribution in [0.2, 0.25) is 0 Å². The van der Waals surface area contributed by atoms with Gasteiger partial charge in [-0.05, 0) is 35.9 Å². The second-order valence-electron chi connectivity index (χ2n) is 4.79. The molecule has 120 valence electrons. The van der Waals surface area contributed by atoms with E-state index in [9.17, 15) is 9.59 Å². The first-order valence-electron chi connectivity index (χ1n) is 6.99. The van der Waals surface area contributed by atoms with E-state index in [0.717, 1.165) is 15.5 Å². The molecule has 0 unspecified atom stereocenters. The zero-order valence-electron chi connectivity index (χ0n) is 13.0. The molecule has 0 aliphatic carbocycles. The van der Waals surface area contributed by atoms with Crippen LogP contribution in [-0.4, -0.2) is 36.6 Å². The number of carbonyl (C=O) groups excluding carboxylic acids is 2. The fourth-order valence-electron chi connectivity index (χ4n) is 1.90. The number of rotatable bonds is 6. The maximum Gasteiger partial charge on any atom is 0.246 e. The number of nitrogens with zero attached hydrogens (tertiary/aromatic N) is 1. The Morgan fingerprint density at radius 1 is 1.26 bits per heavy atom. The molecule has 0 saturated carbocycles. The Bertz CT molecular complexity index is 696. The average molecular weight is 346 g/mol. The molecule has 1 N–H and O–H groups in total. The molecule has 0 fully saturated rings. The lowest BCUT2D eigenvalue weighted by Crippen LogP contribution is -2.33. The lowest BCUT2D eigenvalue weighted by Gasteiger charge is -2.15. The van der Waals surface area contributed by atoms with E-state index in [4.69, 9.17) is 0 Å². The third-order valence-electron chi connectivity index (χ3n) is 3.07. The molecule has 4 nitrogen and oxygen atoms in total. The monoisotopic (exact) mass is 346 g/mol. The minimum atomic E-state index is -0.216. The number of amides is 2. The Balaban J connectivity index is 1.90. The van der Waals surface area contributed by atoms with Gasteiger partial charge in [0.05, 0.1) is 12.2 Å². The molecular weight excluding hydrogens is 328 g/mol. The highest BCUT2D eigenvalue weighted by molar-refractivity contribution is 7.98. The summed E-state index contributed by atoms with van der Waals surface area (Å²) in [5.74, 6) is -0.418. The van der Waals surface area contributed by atoms with E-state index < -0.39 is 0 Å². The van der Waals surface area contributed by atoms with Crippen molar-refractivity contribution in [2.24, 2.45) is 0 Å². The molecule has 2 rings (SSSR count). The first-order chi connectivity index (χ1) is 11.1. The van der Waals surface area contributed by atoms with E-state index in [-0.39, 0.29) is 18.4 Å². The van der Waals surface area contributed by atoms with Crippen molar-refractivity contribution in [2.45, 2.75) is 4.90 Å². The fourth-order valence-corrected chi connectivity index (χ4v) is 3.07. The summed E-state index contributed by atoms with van der Waals surface area (Å²) < 4.78 is 0. The number of carbonyl (C=O) groups is 2. The topological polar surface area (TPSA) is 49.4 Å². The number of benzene rings is 1. The number of thioether (sulfide) groups is 1. The van der Waals surface area contributed by atoms with E-state index in [0.29, 0.717) is 0 Å². The van der Waals surface area contributed by atoms with Crippen LogP contribution in [-0.2, 0) is 9.59 Å². The summed E-state index contributed by atoms with van der Waals surface area (Å²) in [4.78, 5) is 27.5. The number of anilines is 1. The largest absolute Gasteiger partial charge is 0.333 e. The third-order valence-corrected chi connectivity index (χ3v) is 4.70. The van der Waals surface area contributed by atoms with Crippen molar-refractivity contribution in [2.75, 3.05) is 25.2 Å². The molecule has 0 radical (unpaired) electrons. The van der Waals surface area contributed by atoms with Crippen LogP contribution in [0.4, 0.5) is 5.69 Å².